The van der Waals surface area contributed by atoms with Crippen molar-refractivity contribution in [3.05, 3.63) is 16.1 Å². The van der Waals surface area contributed by atoms with E-state index in [1.54, 1.807) is 6.07 Å². The Morgan fingerprint density at radius 1 is 1.25 bits per heavy atom. The molecule has 1 aromatic rings. The Morgan fingerprint density at radius 3 is 2.38 bits per heavy atom. The van der Waals surface area contributed by atoms with Crippen molar-refractivity contribution in [2.45, 2.75) is 13.8 Å². The molecule has 0 aromatic carbocycles. The number of pyridine rings is 1. The summed E-state index contributed by atoms with van der Waals surface area (Å²) in [7, 11) is 0. The van der Waals surface area contributed by atoms with E-state index in [4.69, 9.17) is 28.9 Å². The molecule has 2 heterocycles. The second-order valence-electron chi connectivity index (χ2n) is 4.52. The van der Waals surface area contributed by atoms with E-state index in [1.807, 2.05) is 0 Å². The van der Waals surface area contributed by atoms with Crippen LogP contribution < -0.4 is 10.6 Å². The van der Waals surface area contributed by atoms with Gasteiger partial charge in [-0.2, -0.15) is 0 Å². The molecule has 0 bridgehead atoms. The van der Waals surface area contributed by atoms with Gasteiger partial charge in [0, 0.05) is 13.1 Å². The van der Waals surface area contributed by atoms with E-state index in [2.05, 4.69) is 23.7 Å². The predicted octanol–water partition coefficient (Wildman–Crippen LogP) is 3.06. The van der Waals surface area contributed by atoms with Crippen LogP contribution in [0.1, 0.15) is 13.8 Å². The maximum atomic E-state index is 6.13. The SMILES string of the molecule is CC1CN(c2nc(N)c(Cl)cc2Cl)CC1C. The molecule has 0 aliphatic carbocycles. The summed E-state index contributed by atoms with van der Waals surface area (Å²) in [4.78, 5) is 6.43. The Labute approximate surface area is 106 Å². The highest BCUT2D eigenvalue weighted by Gasteiger charge is 2.28. The topological polar surface area (TPSA) is 42.2 Å². The Kier molecular flexibility index (Phi) is 3.17. The number of hydrogen-bond acceptors (Lipinski definition) is 3. The normalized spacial score (nSPS) is 25.1. The zero-order valence-electron chi connectivity index (χ0n) is 9.37. The first kappa shape index (κ1) is 11.8. The molecule has 2 rings (SSSR count). The van der Waals surface area contributed by atoms with Gasteiger partial charge in [-0.05, 0) is 17.9 Å². The largest absolute Gasteiger partial charge is 0.382 e. The van der Waals surface area contributed by atoms with Gasteiger partial charge in [-0.15, -0.1) is 0 Å². The van der Waals surface area contributed by atoms with Crippen molar-refractivity contribution in [1.82, 2.24) is 4.98 Å². The first-order valence-electron chi connectivity index (χ1n) is 5.35. The highest BCUT2D eigenvalue weighted by molar-refractivity contribution is 6.37. The number of aromatic nitrogens is 1. The van der Waals surface area contributed by atoms with Gasteiger partial charge in [0.05, 0.1) is 10.0 Å². The lowest BCUT2D eigenvalue weighted by atomic mass is 10.0. The molecule has 0 radical (unpaired) electrons. The van der Waals surface area contributed by atoms with E-state index in [0.29, 0.717) is 27.7 Å². The Hall–Kier alpha value is -0.670. The summed E-state index contributed by atoms with van der Waals surface area (Å²) >= 11 is 12.0. The van der Waals surface area contributed by atoms with Gasteiger partial charge in [-0.3, -0.25) is 0 Å². The fourth-order valence-corrected chi connectivity index (χ4v) is 2.47. The molecule has 1 aliphatic heterocycles. The minimum atomic E-state index is 0.341. The minimum Gasteiger partial charge on any atom is -0.382 e. The monoisotopic (exact) mass is 259 g/mol. The molecule has 2 atom stereocenters. The fourth-order valence-electron chi connectivity index (χ4n) is 2.00. The first-order chi connectivity index (χ1) is 7.49. The van der Waals surface area contributed by atoms with E-state index < -0.39 is 0 Å². The lowest BCUT2D eigenvalue weighted by molar-refractivity contribution is 0.494. The predicted molar refractivity (Wildman–Crippen MR) is 69.2 cm³/mol. The van der Waals surface area contributed by atoms with Gasteiger partial charge >= 0.3 is 0 Å². The van der Waals surface area contributed by atoms with Crippen molar-refractivity contribution in [3.8, 4) is 0 Å². The van der Waals surface area contributed by atoms with Crippen molar-refractivity contribution in [1.29, 1.82) is 0 Å². The second-order valence-corrected chi connectivity index (χ2v) is 5.33. The van der Waals surface area contributed by atoms with Crippen molar-refractivity contribution in [2.75, 3.05) is 23.7 Å². The summed E-state index contributed by atoms with van der Waals surface area (Å²) in [5.74, 6) is 2.39. The van der Waals surface area contributed by atoms with Crippen molar-refractivity contribution in [3.63, 3.8) is 0 Å². The van der Waals surface area contributed by atoms with Crippen LogP contribution in [0.5, 0.6) is 0 Å². The molecule has 1 aliphatic rings. The smallest absolute Gasteiger partial charge is 0.149 e. The van der Waals surface area contributed by atoms with Crippen LogP contribution in [0, 0.1) is 11.8 Å². The third-order valence-corrected chi connectivity index (χ3v) is 3.81. The van der Waals surface area contributed by atoms with Gasteiger partial charge in [-0.1, -0.05) is 37.0 Å². The highest BCUT2D eigenvalue weighted by Crippen LogP contribution is 2.34. The van der Waals surface area contributed by atoms with E-state index in [1.165, 1.54) is 0 Å². The summed E-state index contributed by atoms with van der Waals surface area (Å²) in [5.41, 5.74) is 5.70. The van der Waals surface area contributed by atoms with Crippen LogP contribution >= 0.6 is 23.2 Å². The molecule has 16 heavy (non-hydrogen) atoms. The van der Waals surface area contributed by atoms with E-state index >= 15 is 0 Å². The minimum absolute atomic E-state index is 0.341. The summed E-state index contributed by atoms with van der Waals surface area (Å²) < 4.78 is 0. The molecular formula is C11H15Cl2N3. The number of nitrogens with two attached hydrogens (primary N) is 1. The van der Waals surface area contributed by atoms with Crippen LogP contribution in [0.25, 0.3) is 0 Å². The van der Waals surface area contributed by atoms with Gasteiger partial charge in [-0.25, -0.2) is 4.98 Å². The molecule has 88 valence electrons. The maximum absolute atomic E-state index is 6.13. The lowest BCUT2D eigenvalue weighted by Gasteiger charge is -2.19. The van der Waals surface area contributed by atoms with E-state index in [0.717, 1.165) is 18.9 Å². The average Bonchev–Trinajstić information content (AvgIpc) is 2.53. The van der Waals surface area contributed by atoms with Gasteiger partial charge in [0.15, 0.2) is 0 Å². The quantitative estimate of drug-likeness (QED) is 0.843. The van der Waals surface area contributed by atoms with E-state index in [9.17, 15) is 0 Å². The van der Waals surface area contributed by atoms with Crippen molar-refractivity contribution >= 4 is 34.8 Å². The maximum Gasteiger partial charge on any atom is 0.149 e. The van der Waals surface area contributed by atoms with Crippen LogP contribution in [0.15, 0.2) is 6.07 Å². The molecule has 5 heteroatoms. The molecule has 0 spiro atoms. The highest BCUT2D eigenvalue weighted by atomic mass is 35.5. The van der Waals surface area contributed by atoms with Crippen molar-refractivity contribution < 1.29 is 0 Å². The van der Waals surface area contributed by atoms with Crippen LogP contribution in [-0.4, -0.2) is 18.1 Å². The molecular weight excluding hydrogens is 245 g/mol. The third-order valence-electron chi connectivity index (χ3n) is 3.23. The molecule has 1 fully saturated rings. The number of rotatable bonds is 1. The number of anilines is 2. The van der Waals surface area contributed by atoms with Crippen molar-refractivity contribution in [2.24, 2.45) is 11.8 Å². The van der Waals surface area contributed by atoms with Crippen LogP contribution in [0.4, 0.5) is 11.6 Å². The van der Waals surface area contributed by atoms with Gasteiger partial charge in [0.2, 0.25) is 0 Å². The van der Waals surface area contributed by atoms with Gasteiger partial charge < -0.3 is 10.6 Å². The molecule has 1 saturated heterocycles. The molecule has 0 amide bonds. The summed E-state index contributed by atoms with van der Waals surface area (Å²) in [6.45, 7) is 6.40. The number of halogens is 2. The van der Waals surface area contributed by atoms with Gasteiger partial charge in [0.25, 0.3) is 0 Å². The number of nitrogens with zero attached hydrogens (tertiary/aromatic N) is 2. The van der Waals surface area contributed by atoms with Crippen LogP contribution in [0.2, 0.25) is 10.0 Å². The number of hydrogen-bond donors (Lipinski definition) is 1. The van der Waals surface area contributed by atoms with Crippen LogP contribution in [-0.2, 0) is 0 Å². The average molecular weight is 260 g/mol. The molecule has 0 saturated carbocycles. The third kappa shape index (κ3) is 2.06. The fraction of sp³-hybridized carbons (Fsp3) is 0.545. The zero-order valence-corrected chi connectivity index (χ0v) is 10.9. The van der Waals surface area contributed by atoms with E-state index in [-0.39, 0.29) is 0 Å². The lowest BCUT2D eigenvalue weighted by Crippen LogP contribution is -2.21. The Morgan fingerprint density at radius 2 is 1.81 bits per heavy atom. The molecule has 1 aromatic heterocycles. The second kappa shape index (κ2) is 4.30. The standard InChI is InChI=1S/C11H15Cl2N3/c1-6-4-16(5-7(6)2)11-9(13)3-8(12)10(14)15-11/h3,6-7H,4-5H2,1-2H3,(H2,14,15). The Bertz CT molecular complexity index is 398. The summed E-state index contributed by atoms with van der Waals surface area (Å²) in [6, 6.07) is 1.66. The van der Waals surface area contributed by atoms with Crippen LogP contribution in [0.3, 0.4) is 0 Å². The molecule has 2 N–H and O–H groups in total. The summed E-state index contributed by atoms with van der Waals surface area (Å²) in [6.07, 6.45) is 0. The molecule has 3 nitrogen and oxygen atoms in total. The van der Waals surface area contributed by atoms with Gasteiger partial charge in [0.1, 0.15) is 11.6 Å². The molecule has 2 unspecified atom stereocenters. The zero-order chi connectivity index (χ0) is 11.9. The first-order valence-corrected chi connectivity index (χ1v) is 6.11. The number of nitrogen functional groups attached to an aromatic ring is 1. The Balaban J connectivity index is 2.31. The summed E-state index contributed by atoms with van der Waals surface area (Å²) in [5, 5.41) is 0.981.